The van der Waals surface area contributed by atoms with Crippen LogP contribution in [0.15, 0.2) is 18.2 Å². The normalized spacial score (nSPS) is 15.3. The second kappa shape index (κ2) is 9.01. The smallest absolute Gasteiger partial charge is 0.526 e. The molecule has 0 saturated carbocycles. The van der Waals surface area contributed by atoms with Crippen molar-refractivity contribution in [3.63, 3.8) is 0 Å². The van der Waals surface area contributed by atoms with Crippen molar-refractivity contribution in [2.75, 3.05) is 13.3 Å². The van der Waals surface area contributed by atoms with E-state index in [1.54, 1.807) is 12.1 Å². The number of benzene rings is 1. The van der Waals surface area contributed by atoms with Crippen molar-refractivity contribution in [3.05, 3.63) is 40.7 Å². The Bertz CT molecular complexity index is 743. The van der Waals surface area contributed by atoms with Crippen LogP contribution in [-0.4, -0.2) is 43.2 Å². The van der Waals surface area contributed by atoms with E-state index in [4.69, 9.17) is 16.0 Å². The van der Waals surface area contributed by atoms with Crippen LogP contribution in [0, 0.1) is 6.57 Å². The molecule has 1 atom stereocenters. The molecular formula is C17H18BNO7. The predicted octanol–water partition coefficient (Wildman–Crippen LogP) is 1.42. The minimum absolute atomic E-state index is 0.0945. The van der Waals surface area contributed by atoms with Gasteiger partial charge < -0.3 is 24.0 Å². The number of carbonyl (C=O) groups excluding carboxylic acids is 3. The molecule has 8 nitrogen and oxygen atoms in total. The van der Waals surface area contributed by atoms with Crippen LogP contribution in [0.25, 0.3) is 4.85 Å². The number of para-hydroxylation sites is 1. The molecule has 0 fully saturated rings. The molecule has 0 spiro atoms. The first-order chi connectivity index (χ1) is 12.4. The summed E-state index contributed by atoms with van der Waals surface area (Å²) in [6, 6.07) is 4.85. The van der Waals surface area contributed by atoms with Crippen LogP contribution in [0.1, 0.15) is 35.7 Å². The number of hydrogen-bond acceptors (Lipinski definition) is 7. The molecule has 0 unspecified atom stereocenters. The Balaban J connectivity index is 2.08. The van der Waals surface area contributed by atoms with Crippen LogP contribution in [0.4, 0.5) is 0 Å². The zero-order chi connectivity index (χ0) is 19.1. The lowest BCUT2D eigenvalue weighted by Gasteiger charge is -2.28. The Morgan fingerprint density at radius 1 is 1.38 bits per heavy atom. The van der Waals surface area contributed by atoms with Crippen molar-refractivity contribution in [2.45, 2.75) is 32.0 Å². The second-order valence-corrected chi connectivity index (χ2v) is 5.83. The Hall–Kier alpha value is -2.86. The molecule has 0 amide bonds. The van der Waals surface area contributed by atoms with Crippen LogP contribution in [-0.2, 0) is 25.5 Å². The average molecular weight is 359 g/mol. The van der Waals surface area contributed by atoms with E-state index in [0.29, 0.717) is 12.0 Å². The average Bonchev–Trinajstić information content (AvgIpc) is 2.59. The van der Waals surface area contributed by atoms with E-state index in [1.807, 2.05) is 0 Å². The number of nitrogens with zero attached hydrogens (tertiary/aromatic N) is 1. The van der Waals surface area contributed by atoms with Gasteiger partial charge in [-0.05, 0) is 18.1 Å². The van der Waals surface area contributed by atoms with Gasteiger partial charge in [0.1, 0.15) is 17.1 Å². The lowest BCUT2D eigenvalue weighted by molar-refractivity contribution is -0.149. The summed E-state index contributed by atoms with van der Waals surface area (Å²) in [6.07, 6.45) is 0.588. The van der Waals surface area contributed by atoms with E-state index in [1.165, 1.54) is 13.0 Å². The number of fused-ring (bicyclic) bond motifs is 1. The first-order valence-corrected chi connectivity index (χ1v) is 8.04. The summed E-state index contributed by atoms with van der Waals surface area (Å²) in [5.74, 6) is -1.70. The highest BCUT2D eigenvalue weighted by Crippen LogP contribution is 2.36. The maximum Gasteiger partial charge on any atom is 0.526 e. The fourth-order valence-corrected chi connectivity index (χ4v) is 2.64. The lowest BCUT2D eigenvalue weighted by atomic mass is 9.64. The summed E-state index contributed by atoms with van der Waals surface area (Å²) in [4.78, 5) is 37.8. The lowest BCUT2D eigenvalue weighted by Crippen LogP contribution is -2.36. The van der Waals surface area contributed by atoms with Crippen molar-refractivity contribution in [3.8, 4) is 5.75 Å². The molecule has 1 N–H and O–H groups in total. The number of ketones is 1. The molecule has 0 radical (unpaired) electrons. The zero-order valence-electron chi connectivity index (χ0n) is 14.3. The summed E-state index contributed by atoms with van der Waals surface area (Å²) < 4.78 is 14.9. The number of esters is 2. The van der Waals surface area contributed by atoms with Gasteiger partial charge in [-0.15, -0.1) is 0 Å². The standard InChI is InChI=1S/C17H18BNO7/c1-11(20)24-10-25-17(22)15-5-3-4-12-8-13(18(23)26-16(12)15)9-14(21)6-7-19-2/h3-5,13,23H,6-10H2,1H3/t13-/m1/s1. The second-order valence-electron chi connectivity index (χ2n) is 5.83. The monoisotopic (exact) mass is 359 g/mol. The van der Waals surface area contributed by atoms with E-state index >= 15 is 0 Å². The van der Waals surface area contributed by atoms with Gasteiger partial charge in [-0.3, -0.25) is 9.59 Å². The maximum absolute atomic E-state index is 12.1. The van der Waals surface area contributed by atoms with Gasteiger partial charge in [0, 0.05) is 19.2 Å². The van der Waals surface area contributed by atoms with Gasteiger partial charge in [-0.25, -0.2) is 11.4 Å². The number of carbonyl (C=O) groups is 3. The zero-order valence-corrected chi connectivity index (χ0v) is 14.3. The quantitative estimate of drug-likeness (QED) is 0.340. The first kappa shape index (κ1) is 19.5. The SMILES string of the molecule is [C-]#[N+]CCC(=O)C[C@H]1Cc2cccc(C(=O)OCOC(C)=O)c2OB1O. The van der Waals surface area contributed by atoms with Gasteiger partial charge in [0.05, 0.1) is 6.42 Å². The van der Waals surface area contributed by atoms with Crippen molar-refractivity contribution in [2.24, 2.45) is 0 Å². The Morgan fingerprint density at radius 3 is 2.85 bits per heavy atom. The molecule has 1 aliphatic rings. The summed E-state index contributed by atoms with van der Waals surface area (Å²) >= 11 is 0. The molecule has 1 aliphatic heterocycles. The number of hydrogen-bond donors (Lipinski definition) is 1. The van der Waals surface area contributed by atoms with Gasteiger partial charge in [0.15, 0.2) is 0 Å². The van der Waals surface area contributed by atoms with Crippen LogP contribution in [0.2, 0.25) is 5.82 Å². The first-order valence-electron chi connectivity index (χ1n) is 8.04. The predicted molar refractivity (Wildman–Crippen MR) is 90.3 cm³/mol. The molecule has 1 aromatic rings. The summed E-state index contributed by atoms with van der Waals surface area (Å²) in [5.41, 5.74) is 0.770. The van der Waals surface area contributed by atoms with E-state index in [9.17, 15) is 19.4 Å². The molecule has 0 saturated heterocycles. The number of Topliss-reactive ketones (excluding diaryl/α,β-unsaturated/α-hetero) is 1. The van der Waals surface area contributed by atoms with E-state index in [2.05, 4.69) is 9.58 Å². The van der Waals surface area contributed by atoms with Gasteiger partial charge in [-0.2, -0.15) is 0 Å². The van der Waals surface area contributed by atoms with Crippen LogP contribution in [0.3, 0.4) is 0 Å². The van der Waals surface area contributed by atoms with Crippen molar-refractivity contribution >= 4 is 24.8 Å². The molecule has 0 aromatic heterocycles. The van der Waals surface area contributed by atoms with Crippen molar-refractivity contribution in [1.29, 1.82) is 0 Å². The molecule has 0 bridgehead atoms. The van der Waals surface area contributed by atoms with Crippen LogP contribution < -0.4 is 4.65 Å². The van der Waals surface area contributed by atoms with Gasteiger partial charge >= 0.3 is 19.1 Å². The largest absolute Gasteiger partial charge is 0.535 e. The fourth-order valence-electron chi connectivity index (χ4n) is 2.64. The Labute approximate surface area is 151 Å². The van der Waals surface area contributed by atoms with Crippen molar-refractivity contribution in [1.82, 2.24) is 0 Å². The van der Waals surface area contributed by atoms with Crippen molar-refractivity contribution < 1.29 is 33.5 Å². The molecular weight excluding hydrogens is 341 g/mol. The molecule has 0 aliphatic carbocycles. The highest BCUT2D eigenvalue weighted by Gasteiger charge is 2.37. The Morgan fingerprint density at radius 2 is 2.15 bits per heavy atom. The summed E-state index contributed by atoms with van der Waals surface area (Å²) in [5, 5.41) is 10.2. The maximum atomic E-state index is 12.1. The topological polar surface area (TPSA) is 103 Å². The number of ether oxygens (including phenoxy) is 2. The van der Waals surface area contributed by atoms with Gasteiger partial charge in [-0.1, -0.05) is 12.1 Å². The highest BCUT2D eigenvalue weighted by molar-refractivity contribution is 6.47. The third-order valence-electron chi connectivity index (χ3n) is 3.88. The van der Waals surface area contributed by atoms with Crippen LogP contribution in [0.5, 0.6) is 5.75 Å². The summed E-state index contributed by atoms with van der Waals surface area (Å²) in [6.45, 7) is 7.51. The van der Waals surface area contributed by atoms with E-state index < -0.39 is 31.7 Å². The molecule has 136 valence electrons. The van der Waals surface area contributed by atoms with Gasteiger partial charge in [0.2, 0.25) is 13.3 Å². The third-order valence-corrected chi connectivity index (χ3v) is 3.88. The summed E-state index contributed by atoms with van der Waals surface area (Å²) in [7, 11) is -1.25. The minimum atomic E-state index is -1.25. The molecule has 26 heavy (non-hydrogen) atoms. The molecule has 2 rings (SSSR count). The van der Waals surface area contributed by atoms with Crippen LogP contribution >= 0.6 is 0 Å². The van der Waals surface area contributed by atoms with E-state index in [0.717, 1.165) is 0 Å². The molecule has 1 aromatic carbocycles. The number of rotatable bonds is 7. The van der Waals surface area contributed by atoms with Gasteiger partial charge in [0.25, 0.3) is 0 Å². The highest BCUT2D eigenvalue weighted by atomic mass is 16.7. The molecule has 1 heterocycles. The Kier molecular flexibility index (Phi) is 6.75. The van der Waals surface area contributed by atoms with E-state index in [-0.39, 0.29) is 36.5 Å². The molecule has 9 heteroatoms. The third kappa shape index (κ3) is 5.07. The fraction of sp³-hybridized carbons (Fsp3) is 0.412. The minimum Gasteiger partial charge on any atom is -0.535 e.